The van der Waals surface area contributed by atoms with Crippen molar-refractivity contribution in [3.05, 3.63) is 88.5 Å². The van der Waals surface area contributed by atoms with Gasteiger partial charge in [-0.3, -0.25) is 9.20 Å². The van der Waals surface area contributed by atoms with Crippen molar-refractivity contribution in [2.24, 2.45) is 0 Å². The van der Waals surface area contributed by atoms with E-state index in [-0.39, 0.29) is 12.2 Å². The van der Waals surface area contributed by atoms with E-state index >= 15 is 0 Å². The number of amides is 2. The molecule has 0 fully saturated rings. The fourth-order valence-corrected chi connectivity index (χ4v) is 3.34. The molecule has 2 aromatic heterocycles. The third kappa shape index (κ3) is 5.26. The first-order valence-corrected chi connectivity index (χ1v) is 10.5. The van der Waals surface area contributed by atoms with Crippen LogP contribution in [0.4, 0.5) is 16.2 Å². The Kier molecular flexibility index (Phi) is 6.63. The van der Waals surface area contributed by atoms with E-state index in [0.29, 0.717) is 40.0 Å². The summed E-state index contributed by atoms with van der Waals surface area (Å²) in [7, 11) is 3.07. The molecule has 0 saturated heterocycles. The molecule has 0 aliphatic heterocycles. The average Bonchev–Trinajstić information content (AvgIpc) is 2.83. The van der Waals surface area contributed by atoms with Crippen LogP contribution in [0.15, 0.2) is 71.7 Å². The Morgan fingerprint density at radius 1 is 0.971 bits per heavy atom. The van der Waals surface area contributed by atoms with E-state index in [0.717, 1.165) is 5.56 Å². The molecule has 0 bridgehead atoms. The third-order valence-corrected chi connectivity index (χ3v) is 5.01. The van der Waals surface area contributed by atoms with Gasteiger partial charge in [-0.25, -0.2) is 9.78 Å². The van der Waals surface area contributed by atoms with Crippen molar-refractivity contribution >= 4 is 23.1 Å². The number of methoxy groups -OCH3 is 2. The second-order valence-corrected chi connectivity index (χ2v) is 7.48. The largest absolute Gasteiger partial charge is 0.497 e. The Hall–Kier alpha value is -4.53. The SMILES string of the molecule is COc1ccc(NC(=O)Nc2cccc(OCc3cc(=O)n4ccc(C)cc4n3)c2)c(OC)c1. The van der Waals surface area contributed by atoms with Gasteiger partial charge in [0.05, 0.1) is 25.6 Å². The first-order chi connectivity index (χ1) is 16.4. The number of hydrogen-bond donors (Lipinski definition) is 2. The molecule has 34 heavy (non-hydrogen) atoms. The number of rotatable bonds is 7. The standard InChI is InChI=1S/C25H24N4O5/c1-16-9-10-29-23(11-16)26-18(13-24(29)30)15-34-20-6-4-5-17(12-20)27-25(31)28-21-8-7-19(32-2)14-22(21)33-3/h4-14H,15H2,1-3H3,(H2,27,28,31). The van der Waals surface area contributed by atoms with Crippen LogP contribution in [0.3, 0.4) is 0 Å². The number of carbonyl (C=O) groups is 1. The lowest BCUT2D eigenvalue weighted by Gasteiger charge is -2.13. The van der Waals surface area contributed by atoms with Crippen molar-refractivity contribution in [3.8, 4) is 17.2 Å². The highest BCUT2D eigenvalue weighted by atomic mass is 16.5. The number of benzene rings is 2. The zero-order valence-corrected chi connectivity index (χ0v) is 19.0. The van der Waals surface area contributed by atoms with Crippen LogP contribution < -0.4 is 30.4 Å². The maximum absolute atomic E-state index is 12.5. The minimum atomic E-state index is -0.444. The van der Waals surface area contributed by atoms with Gasteiger partial charge in [-0.1, -0.05) is 6.07 Å². The predicted molar refractivity (Wildman–Crippen MR) is 129 cm³/mol. The maximum atomic E-state index is 12.5. The highest BCUT2D eigenvalue weighted by molar-refractivity contribution is 6.00. The lowest BCUT2D eigenvalue weighted by Crippen LogP contribution is -2.19. The molecule has 0 saturated carbocycles. The Bertz CT molecular complexity index is 1400. The molecular formula is C25H24N4O5. The van der Waals surface area contributed by atoms with E-state index in [1.54, 1.807) is 55.8 Å². The van der Waals surface area contributed by atoms with E-state index in [1.165, 1.54) is 17.6 Å². The molecule has 9 nitrogen and oxygen atoms in total. The molecule has 2 N–H and O–H groups in total. The van der Waals surface area contributed by atoms with Crippen LogP contribution in [0.25, 0.3) is 5.65 Å². The number of nitrogens with zero attached hydrogens (tertiary/aromatic N) is 2. The van der Waals surface area contributed by atoms with Gasteiger partial charge in [0, 0.05) is 30.1 Å². The fraction of sp³-hybridized carbons (Fsp3) is 0.160. The van der Waals surface area contributed by atoms with Gasteiger partial charge in [0.25, 0.3) is 5.56 Å². The average molecular weight is 460 g/mol. The van der Waals surface area contributed by atoms with E-state index in [4.69, 9.17) is 14.2 Å². The van der Waals surface area contributed by atoms with Crippen LogP contribution in [-0.2, 0) is 6.61 Å². The van der Waals surface area contributed by atoms with Gasteiger partial charge in [-0.05, 0) is 48.9 Å². The number of aryl methyl sites for hydroxylation is 1. The van der Waals surface area contributed by atoms with Crippen LogP contribution in [0.5, 0.6) is 17.2 Å². The number of pyridine rings is 1. The number of fused-ring (bicyclic) bond motifs is 1. The van der Waals surface area contributed by atoms with Crippen molar-refractivity contribution in [2.75, 3.05) is 24.9 Å². The van der Waals surface area contributed by atoms with Crippen molar-refractivity contribution in [2.45, 2.75) is 13.5 Å². The fourth-order valence-electron chi connectivity index (χ4n) is 3.34. The van der Waals surface area contributed by atoms with Crippen molar-refractivity contribution in [3.63, 3.8) is 0 Å². The first kappa shape index (κ1) is 22.7. The molecule has 0 aliphatic rings. The van der Waals surface area contributed by atoms with Crippen LogP contribution in [0.1, 0.15) is 11.3 Å². The van der Waals surface area contributed by atoms with Crippen LogP contribution in [-0.4, -0.2) is 29.6 Å². The maximum Gasteiger partial charge on any atom is 0.323 e. The van der Waals surface area contributed by atoms with Crippen LogP contribution in [0.2, 0.25) is 0 Å². The van der Waals surface area contributed by atoms with E-state index < -0.39 is 6.03 Å². The molecule has 2 amide bonds. The molecule has 9 heteroatoms. The van der Waals surface area contributed by atoms with Gasteiger partial charge in [-0.2, -0.15) is 0 Å². The van der Waals surface area contributed by atoms with Gasteiger partial charge in [0.15, 0.2) is 0 Å². The first-order valence-electron chi connectivity index (χ1n) is 10.5. The molecular weight excluding hydrogens is 436 g/mol. The molecule has 0 aliphatic carbocycles. The Morgan fingerprint density at radius 2 is 1.82 bits per heavy atom. The summed E-state index contributed by atoms with van der Waals surface area (Å²) in [5.41, 5.74) is 2.94. The quantitative estimate of drug-likeness (QED) is 0.428. The molecule has 2 aromatic carbocycles. The van der Waals surface area contributed by atoms with Crippen molar-refractivity contribution in [1.82, 2.24) is 9.38 Å². The zero-order chi connectivity index (χ0) is 24.1. The molecule has 174 valence electrons. The summed E-state index contributed by atoms with van der Waals surface area (Å²) in [6, 6.07) is 16.7. The lowest BCUT2D eigenvalue weighted by atomic mass is 10.2. The summed E-state index contributed by atoms with van der Waals surface area (Å²) < 4.78 is 17.8. The number of carbonyl (C=O) groups excluding carboxylic acids is 1. The van der Waals surface area contributed by atoms with E-state index in [2.05, 4.69) is 15.6 Å². The molecule has 0 spiro atoms. The number of hydrogen-bond acceptors (Lipinski definition) is 6. The minimum absolute atomic E-state index is 0.110. The zero-order valence-electron chi connectivity index (χ0n) is 19.0. The lowest BCUT2D eigenvalue weighted by molar-refractivity contribution is 0.262. The third-order valence-electron chi connectivity index (χ3n) is 5.01. The van der Waals surface area contributed by atoms with Gasteiger partial charge >= 0.3 is 6.03 Å². The Morgan fingerprint density at radius 3 is 2.62 bits per heavy atom. The molecule has 2 heterocycles. The monoisotopic (exact) mass is 460 g/mol. The summed E-state index contributed by atoms with van der Waals surface area (Å²) >= 11 is 0. The molecule has 0 atom stereocenters. The van der Waals surface area contributed by atoms with Gasteiger partial charge in [-0.15, -0.1) is 0 Å². The van der Waals surface area contributed by atoms with Crippen LogP contribution in [0, 0.1) is 6.92 Å². The van der Waals surface area contributed by atoms with Crippen LogP contribution >= 0.6 is 0 Å². The number of urea groups is 1. The van der Waals surface area contributed by atoms with Crippen molar-refractivity contribution < 1.29 is 19.0 Å². The van der Waals surface area contributed by atoms with E-state index in [9.17, 15) is 9.59 Å². The Labute approximate surface area is 195 Å². The summed E-state index contributed by atoms with van der Waals surface area (Å²) in [5, 5.41) is 5.51. The number of anilines is 2. The number of ether oxygens (including phenoxy) is 3. The van der Waals surface area contributed by atoms with Crippen molar-refractivity contribution in [1.29, 1.82) is 0 Å². The molecule has 4 rings (SSSR count). The molecule has 0 unspecified atom stereocenters. The highest BCUT2D eigenvalue weighted by Crippen LogP contribution is 2.29. The Balaban J connectivity index is 1.42. The molecule has 0 radical (unpaired) electrons. The topological polar surface area (TPSA) is 103 Å². The summed E-state index contributed by atoms with van der Waals surface area (Å²) in [6.07, 6.45) is 1.70. The minimum Gasteiger partial charge on any atom is -0.497 e. The van der Waals surface area contributed by atoms with Gasteiger partial charge in [0.2, 0.25) is 0 Å². The highest BCUT2D eigenvalue weighted by Gasteiger charge is 2.10. The van der Waals surface area contributed by atoms with E-state index in [1.807, 2.05) is 19.1 Å². The smallest absolute Gasteiger partial charge is 0.323 e. The number of nitrogens with one attached hydrogen (secondary N) is 2. The normalized spacial score (nSPS) is 10.6. The summed E-state index contributed by atoms with van der Waals surface area (Å²) in [4.78, 5) is 29.3. The molecule has 4 aromatic rings. The predicted octanol–water partition coefficient (Wildman–Crippen LogP) is 4.24. The second-order valence-electron chi connectivity index (χ2n) is 7.48. The van der Waals surface area contributed by atoms with Gasteiger partial charge < -0.3 is 24.8 Å². The summed E-state index contributed by atoms with van der Waals surface area (Å²) in [6.45, 7) is 2.05. The number of aromatic nitrogens is 2. The van der Waals surface area contributed by atoms with Gasteiger partial charge in [0.1, 0.15) is 29.5 Å². The second kappa shape index (κ2) is 9.95. The summed E-state index contributed by atoms with van der Waals surface area (Å²) in [5.74, 6) is 1.61.